The van der Waals surface area contributed by atoms with E-state index in [-0.39, 0.29) is 0 Å². The molecule has 0 bridgehead atoms. The summed E-state index contributed by atoms with van der Waals surface area (Å²) in [6, 6.07) is 13.3. The molecule has 0 saturated heterocycles. The lowest BCUT2D eigenvalue weighted by Crippen LogP contribution is -2.08. The number of hydrogen-bond donors (Lipinski definition) is 1. The van der Waals surface area contributed by atoms with Gasteiger partial charge in [-0.2, -0.15) is 0 Å². The molecule has 0 aliphatic heterocycles. The van der Waals surface area contributed by atoms with E-state index in [2.05, 4.69) is 32.6 Å². The van der Waals surface area contributed by atoms with Gasteiger partial charge < -0.3 is 9.84 Å². The molecule has 1 atom stereocenters. The Labute approximate surface area is 130 Å². The van der Waals surface area contributed by atoms with Gasteiger partial charge in [-0.1, -0.05) is 36.4 Å². The highest BCUT2D eigenvalue weighted by Crippen LogP contribution is 2.23. The SMILES string of the molecule is C=CC(C(=O)O)c1cccc(OCc2c(C)cccc2C)c1. The monoisotopic (exact) mass is 296 g/mol. The van der Waals surface area contributed by atoms with Crippen LogP contribution in [-0.4, -0.2) is 11.1 Å². The topological polar surface area (TPSA) is 46.5 Å². The molecule has 1 N–H and O–H groups in total. The first-order valence-electron chi connectivity index (χ1n) is 7.16. The van der Waals surface area contributed by atoms with Crippen LogP contribution in [0.3, 0.4) is 0 Å². The molecule has 0 radical (unpaired) electrons. The third kappa shape index (κ3) is 3.55. The summed E-state index contributed by atoms with van der Waals surface area (Å²) >= 11 is 0. The lowest BCUT2D eigenvalue weighted by Gasteiger charge is -2.13. The van der Waals surface area contributed by atoms with Gasteiger partial charge in [-0.05, 0) is 48.2 Å². The largest absolute Gasteiger partial charge is 0.489 e. The number of hydrogen-bond acceptors (Lipinski definition) is 2. The fourth-order valence-electron chi connectivity index (χ4n) is 2.41. The van der Waals surface area contributed by atoms with Gasteiger partial charge in [0.15, 0.2) is 0 Å². The fraction of sp³-hybridized carbons (Fsp3) is 0.211. The summed E-state index contributed by atoms with van der Waals surface area (Å²) in [5.41, 5.74) is 4.20. The minimum absolute atomic E-state index is 0.466. The van der Waals surface area contributed by atoms with E-state index in [0.29, 0.717) is 17.9 Å². The van der Waals surface area contributed by atoms with Gasteiger partial charge in [-0.3, -0.25) is 4.79 Å². The van der Waals surface area contributed by atoms with Crippen LogP contribution in [-0.2, 0) is 11.4 Å². The molecule has 0 amide bonds. The van der Waals surface area contributed by atoms with Gasteiger partial charge in [-0.25, -0.2) is 0 Å². The van der Waals surface area contributed by atoms with Crippen molar-refractivity contribution in [3.63, 3.8) is 0 Å². The summed E-state index contributed by atoms with van der Waals surface area (Å²) in [5.74, 6) is -0.973. The summed E-state index contributed by atoms with van der Waals surface area (Å²) in [7, 11) is 0. The molecule has 1 unspecified atom stereocenters. The second-order valence-electron chi connectivity index (χ2n) is 5.28. The smallest absolute Gasteiger partial charge is 0.314 e. The van der Waals surface area contributed by atoms with Crippen molar-refractivity contribution < 1.29 is 14.6 Å². The first kappa shape index (κ1) is 15.8. The molecule has 3 nitrogen and oxygen atoms in total. The predicted molar refractivity (Wildman–Crippen MR) is 87.3 cm³/mol. The summed E-state index contributed by atoms with van der Waals surface area (Å²) < 4.78 is 5.84. The number of carboxylic acids is 1. The Morgan fingerprint density at radius 1 is 1.23 bits per heavy atom. The average molecular weight is 296 g/mol. The van der Waals surface area contributed by atoms with Crippen LogP contribution < -0.4 is 4.74 Å². The molecule has 0 aliphatic rings. The van der Waals surface area contributed by atoms with Crippen LogP contribution in [0.15, 0.2) is 55.1 Å². The third-order valence-corrected chi connectivity index (χ3v) is 3.75. The van der Waals surface area contributed by atoms with Crippen LogP contribution in [0.1, 0.15) is 28.2 Å². The van der Waals surface area contributed by atoms with Gasteiger partial charge in [0.25, 0.3) is 0 Å². The highest BCUT2D eigenvalue weighted by atomic mass is 16.5. The lowest BCUT2D eigenvalue weighted by atomic mass is 9.99. The predicted octanol–water partition coefficient (Wildman–Crippen LogP) is 4.24. The Kier molecular flexibility index (Phi) is 4.99. The summed E-state index contributed by atoms with van der Waals surface area (Å²) in [5, 5.41) is 9.19. The zero-order valence-corrected chi connectivity index (χ0v) is 12.9. The Hall–Kier alpha value is -2.55. The van der Waals surface area contributed by atoms with Crippen LogP contribution >= 0.6 is 0 Å². The van der Waals surface area contributed by atoms with E-state index in [0.717, 1.165) is 5.56 Å². The Balaban J connectivity index is 2.17. The van der Waals surface area contributed by atoms with Crippen LogP contribution in [0, 0.1) is 13.8 Å². The molecule has 2 aromatic rings. The van der Waals surface area contributed by atoms with Crippen molar-refractivity contribution in [2.24, 2.45) is 0 Å². The van der Waals surface area contributed by atoms with Crippen LogP contribution in [0.2, 0.25) is 0 Å². The third-order valence-electron chi connectivity index (χ3n) is 3.75. The molecule has 22 heavy (non-hydrogen) atoms. The lowest BCUT2D eigenvalue weighted by molar-refractivity contribution is -0.137. The van der Waals surface area contributed by atoms with E-state index in [9.17, 15) is 9.90 Å². The van der Waals surface area contributed by atoms with Crippen molar-refractivity contribution in [3.05, 3.63) is 77.4 Å². The first-order valence-corrected chi connectivity index (χ1v) is 7.16. The van der Waals surface area contributed by atoms with Crippen molar-refractivity contribution >= 4 is 5.97 Å². The molecule has 0 saturated carbocycles. The first-order chi connectivity index (χ1) is 10.5. The minimum Gasteiger partial charge on any atom is -0.489 e. The van der Waals surface area contributed by atoms with Crippen molar-refractivity contribution in [3.8, 4) is 5.75 Å². The van der Waals surface area contributed by atoms with Gasteiger partial charge in [0, 0.05) is 0 Å². The molecule has 2 rings (SSSR count). The molecular weight excluding hydrogens is 276 g/mol. The Morgan fingerprint density at radius 2 is 1.86 bits per heavy atom. The number of benzene rings is 2. The number of carboxylic acid groups (broad SMARTS) is 1. The summed E-state index contributed by atoms with van der Waals surface area (Å²) in [4.78, 5) is 11.2. The fourth-order valence-corrected chi connectivity index (χ4v) is 2.41. The van der Waals surface area contributed by atoms with E-state index in [1.807, 2.05) is 12.1 Å². The van der Waals surface area contributed by atoms with Crippen LogP contribution in [0.4, 0.5) is 0 Å². The number of aliphatic carboxylic acids is 1. The molecule has 0 heterocycles. The maximum atomic E-state index is 11.2. The Morgan fingerprint density at radius 3 is 2.45 bits per heavy atom. The summed E-state index contributed by atoms with van der Waals surface area (Å²) in [6.45, 7) is 8.16. The van der Waals surface area contributed by atoms with Crippen molar-refractivity contribution in [1.82, 2.24) is 0 Å². The number of ether oxygens (including phenoxy) is 1. The van der Waals surface area contributed by atoms with Gasteiger partial charge in [0.05, 0.1) is 5.92 Å². The van der Waals surface area contributed by atoms with Crippen molar-refractivity contribution in [1.29, 1.82) is 0 Å². The zero-order chi connectivity index (χ0) is 16.1. The Bertz CT molecular complexity index is 669. The van der Waals surface area contributed by atoms with E-state index >= 15 is 0 Å². The van der Waals surface area contributed by atoms with Crippen LogP contribution in [0.5, 0.6) is 5.75 Å². The molecule has 0 spiro atoms. The summed E-state index contributed by atoms with van der Waals surface area (Å²) in [6.07, 6.45) is 1.42. The van der Waals surface area contributed by atoms with Gasteiger partial charge >= 0.3 is 5.97 Å². The average Bonchev–Trinajstić information content (AvgIpc) is 2.47. The zero-order valence-electron chi connectivity index (χ0n) is 12.9. The maximum absolute atomic E-state index is 11.2. The number of rotatable bonds is 6. The number of aryl methyl sites for hydroxylation is 2. The normalized spacial score (nSPS) is 11.7. The second-order valence-corrected chi connectivity index (χ2v) is 5.28. The van der Waals surface area contributed by atoms with Gasteiger partial charge in [0.1, 0.15) is 12.4 Å². The molecule has 2 aromatic carbocycles. The molecule has 114 valence electrons. The van der Waals surface area contributed by atoms with E-state index in [1.54, 1.807) is 18.2 Å². The molecule has 0 aliphatic carbocycles. The highest BCUT2D eigenvalue weighted by Gasteiger charge is 2.16. The molecule has 0 aromatic heterocycles. The van der Waals surface area contributed by atoms with E-state index in [4.69, 9.17) is 4.74 Å². The quantitative estimate of drug-likeness (QED) is 0.811. The number of carbonyl (C=O) groups is 1. The van der Waals surface area contributed by atoms with Crippen LogP contribution in [0.25, 0.3) is 0 Å². The van der Waals surface area contributed by atoms with Crippen molar-refractivity contribution in [2.75, 3.05) is 0 Å². The molecular formula is C19H20O3. The second kappa shape index (κ2) is 6.94. The van der Waals surface area contributed by atoms with Crippen molar-refractivity contribution in [2.45, 2.75) is 26.4 Å². The molecule has 3 heteroatoms. The standard InChI is InChI=1S/C19H20O3/c1-4-17(19(20)21)15-9-6-10-16(11-15)22-12-18-13(2)7-5-8-14(18)3/h4-11,17H,1,12H2,2-3H3,(H,20,21). The van der Waals surface area contributed by atoms with E-state index < -0.39 is 11.9 Å². The maximum Gasteiger partial charge on any atom is 0.314 e. The minimum atomic E-state index is -0.915. The molecule has 0 fully saturated rings. The van der Waals surface area contributed by atoms with Gasteiger partial charge in [0.2, 0.25) is 0 Å². The van der Waals surface area contributed by atoms with E-state index in [1.165, 1.54) is 17.2 Å². The van der Waals surface area contributed by atoms with Gasteiger partial charge in [-0.15, -0.1) is 6.58 Å². The highest BCUT2D eigenvalue weighted by molar-refractivity contribution is 5.78.